The fraction of sp³-hybridized carbons (Fsp3) is 0.769. The van der Waals surface area contributed by atoms with Gasteiger partial charge < -0.3 is 5.73 Å². The number of nitrogens with zero attached hydrogens (tertiary/aromatic N) is 1. The number of hydrogen-bond donors (Lipinski definition) is 1. The van der Waals surface area contributed by atoms with Crippen molar-refractivity contribution < 1.29 is 0 Å². The first-order valence-electron chi connectivity index (χ1n) is 6.42. The lowest BCUT2D eigenvalue weighted by Gasteiger charge is -2.26. The van der Waals surface area contributed by atoms with Gasteiger partial charge in [-0.15, -0.1) is 11.3 Å². The number of hydrogen-bond acceptors (Lipinski definition) is 3. The lowest BCUT2D eigenvalue weighted by molar-refractivity contribution is 0.314. The van der Waals surface area contributed by atoms with Gasteiger partial charge in [-0.2, -0.15) is 0 Å². The molecule has 1 aromatic heterocycles. The van der Waals surface area contributed by atoms with Gasteiger partial charge in [0.1, 0.15) is 0 Å². The van der Waals surface area contributed by atoms with Crippen molar-refractivity contribution in [1.29, 1.82) is 0 Å². The quantitative estimate of drug-likeness (QED) is 0.868. The van der Waals surface area contributed by atoms with Crippen LogP contribution >= 0.6 is 11.3 Å². The second-order valence-corrected chi connectivity index (χ2v) is 6.12. The minimum Gasteiger partial charge on any atom is -0.323 e. The molecule has 3 heteroatoms. The predicted octanol–water partition coefficient (Wildman–Crippen LogP) is 3.85. The standard InChI is InChI=1S/C13H22N2S/c1-3-10-5-4-6-11(7-10)13-15-8-12(16-13)9(2)14/h8-11H,3-7,14H2,1-2H3. The lowest BCUT2D eigenvalue weighted by atomic mass is 9.80. The molecule has 1 heterocycles. The molecule has 0 amide bonds. The summed E-state index contributed by atoms with van der Waals surface area (Å²) in [6.45, 7) is 4.34. The summed E-state index contributed by atoms with van der Waals surface area (Å²) in [6, 6.07) is 0.136. The van der Waals surface area contributed by atoms with Crippen LogP contribution in [0.25, 0.3) is 0 Å². The zero-order valence-corrected chi connectivity index (χ0v) is 11.1. The number of nitrogens with two attached hydrogens (primary N) is 1. The first kappa shape index (κ1) is 12.1. The third-order valence-corrected chi connectivity index (χ3v) is 5.06. The fourth-order valence-corrected chi connectivity index (χ4v) is 3.60. The highest BCUT2D eigenvalue weighted by atomic mass is 32.1. The van der Waals surface area contributed by atoms with Gasteiger partial charge in [-0.25, -0.2) is 4.98 Å². The lowest BCUT2D eigenvalue weighted by Crippen LogP contribution is -2.13. The van der Waals surface area contributed by atoms with E-state index in [0.717, 1.165) is 5.92 Å². The molecule has 2 rings (SSSR count). The molecule has 1 saturated carbocycles. The Morgan fingerprint density at radius 2 is 2.38 bits per heavy atom. The Kier molecular flexibility index (Phi) is 3.98. The van der Waals surface area contributed by atoms with Crippen LogP contribution in [0.2, 0.25) is 0 Å². The van der Waals surface area contributed by atoms with E-state index < -0.39 is 0 Å². The molecule has 0 aromatic carbocycles. The van der Waals surface area contributed by atoms with Crippen molar-refractivity contribution >= 4 is 11.3 Å². The van der Waals surface area contributed by atoms with Crippen LogP contribution in [0, 0.1) is 5.92 Å². The highest BCUT2D eigenvalue weighted by Gasteiger charge is 2.24. The van der Waals surface area contributed by atoms with E-state index in [1.807, 2.05) is 24.5 Å². The molecule has 1 fully saturated rings. The largest absolute Gasteiger partial charge is 0.323 e. The normalized spacial score (nSPS) is 27.9. The molecule has 0 radical (unpaired) electrons. The molecule has 90 valence electrons. The highest BCUT2D eigenvalue weighted by Crippen LogP contribution is 2.39. The van der Waals surface area contributed by atoms with Gasteiger partial charge in [0.25, 0.3) is 0 Å². The van der Waals surface area contributed by atoms with Gasteiger partial charge >= 0.3 is 0 Å². The van der Waals surface area contributed by atoms with Crippen molar-refractivity contribution in [1.82, 2.24) is 4.98 Å². The molecule has 2 N–H and O–H groups in total. The van der Waals surface area contributed by atoms with E-state index in [0.29, 0.717) is 5.92 Å². The van der Waals surface area contributed by atoms with Crippen molar-refractivity contribution in [3.8, 4) is 0 Å². The van der Waals surface area contributed by atoms with Gasteiger partial charge in [0, 0.05) is 23.0 Å². The summed E-state index contributed by atoms with van der Waals surface area (Å²) in [6.07, 6.45) is 8.74. The monoisotopic (exact) mass is 238 g/mol. The number of aromatic nitrogens is 1. The summed E-state index contributed by atoms with van der Waals surface area (Å²) in [4.78, 5) is 5.80. The molecule has 0 bridgehead atoms. The molecule has 3 atom stereocenters. The maximum absolute atomic E-state index is 5.88. The molecular weight excluding hydrogens is 216 g/mol. The van der Waals surface area contributed by atoms with Crippen LogP contribution in [0.15, 0.2) is 6.20 Å². The van der Waals surface area contributed by atoms with Gasteiger partial charge in [0.2, 0.25) is 0 Å². The zero-order valence-electron chi connectivity index (χ0n) is 10.3. The Labute approximate surface area is 102 Å². The van der Waals surface area contributed by atoms with Gasteiger partial charge in [-0.3, -0.25) is 0 Å². The Hall–Kier alpha value is -0.410. The molecule has 2 nitrogen and oxygen atoms in total. The average molecular weight is 238 g/mol. The van der Waals surface area contributed by atoms with E-state index in [4.69, 9.17) is 5.73 Å². The maximum Gasteiger partial charge on any atom is 0.0959 e. The first-order chi connectivity index (χ1) is 7.70. The van der Waals surface area contributed by atoms with E-state index in [2.05, 4.69) is 11.9 Å². The molecule has 1 aromatic rings. The summed E-state index contributed by atoms with van der Waals surface area (Å²) in [5.74, 6) is 1.62. The van der Waals surface area contributed by atoms with E-state index in [9.17, 15) is 0 Å². The number of rotatable bonds is 3. The Bertz CT molecular complexity index is 332. The molecular formula is C13H22N2S. The van der Waals surface area contributed by atoms with Crippen LogP contribution in [0.5, 0.6) is 0 Å². The fourth-order valence-electron chi connectivity index (χ4n) is 2.59. The van der Waals surface area contributed by atoms with Crippen molar-refractivity contribution in [2.45, 2.75) is 57.9 Å². The minimum absolute atomic E-state index is 0.136. The minimum atomic E-state index is 0.136. The van der Waals surface area contributed by atoms with Crippen molar-refractivity contribution in [2.75, 3.05) is 0 Å². The zero-order chi connectivity index (χ0) is 11.5. The van der Waals surface area contributed by atoms with E-state index in [-0.39, 0.29) is 6.04 Å². The molecule has 0 aliphatic heterocycles. The van der Waals surface area contributed by atoms with Gasteiger partial charge in [0.15, 0.2) is 0 Å². The van der Waals surface area contributed by atoms with Crippen LogP contribution in [0.3, 0.4) is 0 Å². The van der Waals surface area contributed by atoms with E-state index in [1.165, 1.54) is 42.0 Å². The third kappa shape index (κ3) is 2.64. The Morgan fingerprint density at radius 1 is 1.56 bits per heavy atom. The van der Waals surface area contributed by atoms with Crippen molar-refractivity contribution in [3.05, 3.63) is 16.1 Å². The number of thiazole rings is 1. The molecule has 3 unspecified atom stereocenters. The Morgan fingerprint density at radius 3 is 3.00 bits per heavy atom. The maximum atomic E-state index is 5.88. The van der Waals surface area contributed by atoms with Crippen LogP contribution < -0.4 is 5.73 Å². The van der Waals surface area contributed by atoms with Gasteiger partial charge in [0.05, 0.1) is 5.01 Å². The Balaban J connectivity index is 2.05. The first-order valence-corrected chi connectivity index (χ1v) is 7.23. The highest BCUT2D eigenvalue weighted by molar-refractivity contribution is 7.11. The summed E-state index contributed by atoms with van der Waals surface area (Å²) in [5.41, 5.74) is 5.88. The van der Waals surface area contributed by atoms with Gasteiger partial charge in [-0.05, 0) is 25.7 Å². The van der Waals surface area contributed by atoms with Gasteiger partial charge in [-0.1, -0.05) is 26.2 Å². The average Bonchev–Trinajstić information content (AvgIpc) is 2.78. The van der Waals surface area contributed by atoms with Crippen LogP contribution in [-0.4, -0.2) is 4.98 Å². The summed E-state index contributed by atoms with van der Waals surface area (Å²) >= 11 is 1.82. The summed E-state index contributed by atoms with van der Waals surface area (Å²) in [5, 5.41) is 1.32. The predicted molar refractivity (Wildman–Crippen MR) is 69.7 cm³/mol. The second-order valence-electron chi connectivity index (χ2n) is 5.03. The summed E-state index contributed by atoms with van der Waals surface area (Å²) < 4.78 is 0. The molecule has 0 saturated heterocycles. The summed E-state index contributed by atoms with van der Waals surface area (Å²) in [7, 11) is 0. The second kappa shape index (κ2) is 5.28. The van der Waals surface area contributed by atoms with Crippen molar-refractivity contribution in [2.24, 2.45) is 11.7 Å². The third-order valence-electron chi connectivity index (χ3n) is 3.70. The molecule has 0 spiro atoms. The van der Waals surface area contributed by atoms with Crippen LogP contribution in [-0.2, 0) is 0 Å². The SMILES string of the molecule is CCC1CCCC(c2ncc(C(C)N)s2)C1. The molecule has 1 aliphatic carbocycles. The van der Waals surface area contributed by atoms with Crippen molar-refractivity contribution in [3.63, 3.8) is 0 Å². The molecule has 16 heavy (non-hydrogen) atoms. The van der Waals surface area contributed by atoms with Crippen LogP contribution in [0.4, 0.5) is 0 Å². The topological polar surface area (TPSA) is 38.9 Å². The van der Waals surface area contributed by atoms with Crippen LogP contribution in [0.1, 0.15) is 67.8 Å². The smallest absolute Gasteiger partial charge is 0.0959 e. The van der Waals surface area contributed by atoms with E-state index >= 15 is 0 Å². The molecule has 1 aliphatic rings. The van der Waals surface area contributed by atoms with E-state index in [1.54, 1.807) is 0 Å².